The van der Waals surface area contributed by atoms with Crippen LogP contribution in [0.25, 0.3) is 22.1 Å². The maximum atomic E-state index is 4.57. The molecular weight excluding hydrogens is 302 g/mol. The van der Waals surface area contributed by atoms with E-state index in [1.165, 1.54) is 0 Å². The SMILES string of the molecule is CCn1c2ccccc2c2nnc(N/N=C/c3ccncc3)nc21. The van der Waals surface area contributed by atoms with Crippen molar-refractivity contribution in [1.29, 1.82) is 0 Å². The number of fused-ring (bicyclic) bond motifs is 3. The Labute approximate surface area is 138 Å². The molecule has 1 N–H and O–H groups in total. The Morgan fingerprint density at radius 3 is 2.79 bits per heavy atom. The molecule has 0 spiro atoms. The number of rotatable bonds is 4. The van der Waals surface area contributed by atoms with Gasteiger partial charge in [-0.2, -0.15) is 10.1 Å². The third-order valence-electron chi connectivity index (χ3n) is 3.77. The van der Waals surface area contributed by atoms with Gasteiger partial charge in [-0.3, -0.25) is 4.98 Å². The first kappa shape index (κ1) is 14.3. The fourth-order valence-corrected chi connectivity index (χ4v) is 2.69. The van der Waals surface area contributed by atoms with E-state index in [-0.39, 0.29) is 0 Å². The molecule has 0 bridgehead atoms. The van der Waals surface area contributed by atoms with Gasteiger partial charge in [-0.05, 0) is 30.7 Å². The van der Waals surface area contributed by atoms with E-state index in [0.717, 1.165) is 34.2 Å². The second kappa shape index (κ2) is 6.04. The molecule has 0 amide bonds. The maximum absolute atomic E-state index is 4.57. The molecule has 0 unspecified atom stereocenters. The molecule has 0 fully saturated rings. The zero-order chi connectivity index (χ0) is 16.4. The van der Waals surface area contributed by atoms with Crippen LogP contribution in [0.4, 0.5) is 5.95 Å². The molecule has 0 saturated carbocycles. The molecule has 0 radical (unpaired) electrons. The van der Waals surface area contributed by atoms with Crippen LogP contribution in [-0.2, 0) is 6.54 Å². The first-order valence-corrected chi connectivity index (χ1v) is 7.67. The molecule has 4 rings (SSSR count). The highest BCUT2D eigenvalue weighted by Gasteiger charge is 2.13. The van der Waals surface area contributed by atoms with Crippen LogP contribution in [0.5, 0.6) is 0 Å². The van der Waals surface area contributed by atoms with Crippen molar-refractivity contribution in [2.24, 2.45) is 5.10 Å². The molecule has 0 aliphatic carbocycles. The van der Waals surface area contributed by atoms with Gasteiger partial charge in [0.1, 0.15) is 5.52 Å². The lowest BCUT2D eigenvalue weighted by atomic mass is 10.2. The minimum Gasteiger partial charge on any atom is -0.324 e. The summed E-state index contributed by atoms with van der Waals surface area (Å²) in [6.07, 6.45) is 5.11. The lowest BCUT2D eigenvalue weighted by Crippen LogP contribution is -2.02. The number of anilines is 1. The van der Waals surface area contributed by atoms with Crippen molar-refractivity contribution in [1.82, 2.24) is 24.7 Å². The molecule has 24 heavy (non-hydrogen) atoms. The van der Waals surface area contributed by atoms with E-state index in [1.807, 2.05) is 30.3 Å². The summed E-state index contributed by atoms with van der Waals surface area (Å²) in [5.41, 5.74) is 6.48. The topological polar surface area (TPSA) is 80.9 Å². The Balaban J connectivity index is 1.70. The zero-order valence-electron chi connectivity index (χ0n) is 13.1. The predicted octanol–water partition coefficient (Wildman–Crippen LogP) is 2.84. The normalized spacial score (nSPS) is 11.5. The van der Waals surface area contributed by atoms with Gasteiger partial charge in [-0.25, -0.2) is 5.43 Å². The molecule has 1 aromatic carbocycles. The van der Waals surface area contributed by atoms with Crippen molar-refractivity contribution in [2.75, 3.05) is 5.43 Å². The first-order chi connectivity index (χ1) is 11.9. The molecule has 0 aliphatic heterocycles. The zero-order valence-corrected chi connectivity index (χ0v) is 13.1. The third-order valence-corrected chi connectivity index (χ3v) is 3.77. The summed E-state index contributed by atoms with van der Waals surface area (Å²) in [4.78, 5) is 8.53. The minimum absolute atomic E-state index is 0.366. The number of para-hydroxylation sites is 1. The summed E-state index contributed by atoms with van der Waals surface area (Å²) >= 11 is 0. The number of benzene rings is 1. The highest BCUT2D eigenvalue weighted by Crippen LogP contribution is 2.25. The largest absolute Gasteiger partial charge is 0.324 e. The van der Waals surface area contributed by atoms with Crippen molar-refractivity contribution < 1.29 is 0 Å². The van der Waals surface area contributed by atoms with Gasteiger partial charge in [0.15, 0.2) is 5.65 Å². The molecule has 7 nitrogen and oxygen atoms in total. The summed E-state index contributed by atoms with van der Waals surface area (Å²) in [6.45, 7) is 2.89. The van der Waals surface area contributed by atoms with Crippen molar-refractivity contribution in [3.8, 4) is 0 Å². The number of nitrogens with zero attached hydrogens (tertiary/aromatic N) is 6. The van der Waals surface area contributed by atoms with Gasteiger partial charge in [0.05, 0.1) is 11.7 Å². The Bertz CT molecular complexity index is 1020. The highest BCUT2D eigenvalue weighted by molar-refractivity contribution is 6.04. The first-order valence-electron chi connectivity index (χ1n) is 7.67. The fourth-order valence-electron chi connectivity index (χ4n) is 2.69. The van der Waals surface area contributed by atoms with Gasteiger partial charge in [-0.15, -0.1) is 10.2 Å². The quantitative estimate of drug-likeness (QED) is 0.462. The van der Waals surface area contributed by atoms with E-state index in [2.05, 4.69) is 48.2 Å². The number of aromatic nitrogens is 5. The van der Waals surface area contributed by atoms with Gasteiger partial charge >= 0.3 is 0 Å². The molecule has 0 aliphatic rings. The smallest absolute Gasteiger partial charge is 0.265 e. The number of hydrogen-bond acceptors (Lipinski definition) is 6. The standard InChI is InChI=1S/C17H15N7/c1-2-24-14-6-4-3-5-13(14)15-16(24)20-17(23-21-15)22-19-11-12-7-9-18-10-8-12/h3-11H,2H2,1H3,(H,20,22,23)/b19-11+. The van der Waals surface area contributed by atoms with Gasteiger partial charge in [-0.1, -0.05) is 18.2 Å². The summed E-state index contributed by atoms with van der Waals surface area (Å²) < 4.78 is 2.12. The number of pyridine rings is 1. The Morgan fingerprint density at radius 2 is 1.96 bits per heavy atom. The van der Waals surface area contributed by atoms with Crippen molar-refractivity contribution in [2.45, 2.75) is 13.5 Å². The molecule has 3 aromatic heterocycles. The van der Waals surface area contributed by atoms with Gasteiger partial charge in [0.2, 0.25) is 0 Å². The minimum atomic E-state index is 0.366. The lowest BCUT2D eigenvalue weighted by molar-refractivity contribution is 0.811. The molecule has 3 heterocycles. The number of hydrogen-bond donors (Lipinski definition) is 1. The third kappa shape index (κ3) is 2.45. The maximum Gasteiger partial charge on any atom is 0.265 e. The molecule has 7 heteroatoms. The van der Waals surface area contributed by atoms with Gasteiger partial charge in [0.25, 0.3) is 5.95 Å². The van der Waals surface area contributed by atoms with Crippen molar-refractivity contribution in [3.63, 3.8) is 0 Å². The fraction of sp³-hybridized carbons (Fsp3) is 0.118. The summed E-state index contributed by atoms with van der Waals surface area (Å²) in [6, 6.07) is 11.8. The summed E-state index contributed by atoms with van der Waals surface area (Å²) in [7, 11) is 0. The van der Waals surface area contributed by atoms with Gasteiger partial charge < -0.3 is 4.57 Å². The van der Waals surface area contributed by atoms with Crippen LogP contribution in [0.15, 0.2) is 53.9 Å². The second-order valence-electron chi connectivity index (χ2n) is 5.22. The predicted molar refractivity (Wildman–Crippen MR) is 94.0 cm³/mol. The van der Waals surface area contributed by atoms with Gasteiger partial charge in [0, 0.05) is 24.3 Å². The Morgan fingerprint density at radius 1 is 1.12 bits per heavy atom. The molecular formula is C17H15N7. The van der Waals surface area contributed by atoms with E-state index < -0.39 is 0 Å². The van der Waals surface area contributed by atoms with Crippen LogP contribution in [-0.4, -0.2) is 30.9 Å². The van der Waals surface area contributed by atoms with Crippen LogP contribution in [0.3, 0.4) is 0 Å². The van der Waals surface area contributed by atoms with Crippen molar-refractivity contribution in [3.05, 3.63) is 54.4 Å². The van der Waals surface area contributed by atoms with E-state index >= 15 is 0 Å². The van der Waals surface area contributed by atoms with Crippen LogP contribution in [0, 0.1) is 0 Å². The van der Waals surface area contributed by atoms with Crippen LogP contribution in [0.2, 0.25) is 0 Å². The van der Waals surface area contributed by atoms with E-state index in [9.17, 15) is 0 Å². The molecule has 0 saturated heterocycles. The van der Waals surface area contributed by atoms with Crippen LogP contribution in [0.1, 0.15) is 12.5 Å². The molecule has 4 aromatic rings. The molecule has 118 valence electrons. The Hall–Kier alpha value is -3.35. The highest BCUT2D eigenvalue weighted by atomic mass is 15.4. The van der Waals surface area contributed by atoms with Crippen LogP contribution >= 0.6 is 0 Å². The summed E-state index contributed by atoms with van der Waals surface area (Å²) in [5, 5.41) is 13.7. The lowest BCUT2D eigenvalue weighted by Gasteiger charge is -2.02. The molecule has 0 atom stereocenters. The van der Waals surface area contributed by atoms with E-state index in [4.69, 9.17) is 0 Å². The average Bonchev–Trinajstić information content (AvgIpc) is 2.95. The number of nitrogens with one attached hydrogen (secondary N) is 1. The van der Waals surface area contributed by atoms with Crippen LogP contribution < -0.4 is 5.43 Å². The summed E-state index contributed by atoms with van der Waals surface area (Å²) in [5.74, 6) is 0.366. The monoisotopic (exact) mass is 317 g/mol. The van der Waals surface area contributed by atoms with Crippen molar-refractivity contribution >= 4 is 34.2 Å². The number of aryl methyl sites for hydroxylation is 1. The average molecular weight is 317 g/mol. The van der Waals surface area contributed by atoms with E-state index in [1.54, 1.807) is 18.6 Å². The van der Waals surface area contributed by atoms with E-state index in [0.29, 0.717) is 5.95 Å². The second-order valence-corrected chi connectivity index (χ2v) is 5.22. The Kier molecular flexibility index (Phi) is 3.59. The number of hydrazone groups is 1.